The minimum Gasteiger partial charge on any atom is -0.331 e. The van der Waals surface area contributed by atoms with Crippen LogP contribution in [-0.4, -0.2) is 32.3 Å². The van der Waals surface area contributed by atoms with Crippen LogP contribution in [0.15, 0.2) is 42.7 Å². The lowest BCUT2D eigenvalue weighted by molar-refractivity contribution is 0.0706. The number of aromatic nitrogens is 3. The molecule has 0 aliphatic heterocycles. The van der Waals surface area contributed by atoms with Gasteiger partial charge in [-0.2, -0.15) is 0 Å². The largest absolute Gasteiger partial charge is 0.331 e. The van der Waals surface area contributed by atoms with Crippen molar-refractivity contribution in [3.8, 4) is 10.8 Å². The summed E-state index contributed by atoms with van der Waals surface area (Å²) in [4.78, 5) is 28.3. The van der Waals surface area contributed by atoms with E-state index in [0.29, 0.717) is 27.9 Å². The predicted octanol–water partition coefficient (Wildman–Crippen LogP) is 4.27. The summed E-state index contributed by atoms with van der Waals surface area (Å²) in [5, 5.41) is 0.622. The normalized spacial score (nSPS) is 12.0. The molecule has 0 aliphatic carbocycles. The van der Waals surface area contributed by atoms with Crippen molar-refractivity contribution >= 4 is 17.2 Å². The zero-order valence-electron chi connectivity index (χ0n) is 14.8. The molecule has 5 nitrogen and oxygen atoms in total. The second-order valence-corrected chi connectivity index (χ2v) is 6.82. The van der Waals surface area contributed by atoms with Gasteiger partial charge in [-0.1, -0.05) is 12.1 Å². The van der Waals surface area contributed by atoms with E-state index in [-0.39, 0.29) is 17.8 Å². The lowest BCUT2D eigenvalue weighted by atomic mass is 10.1. The Morgan fingerprint density at radius 2 is 1.88 bits per heavy atom. The van der Waals surface area contributed by atoms with Crippen molar-refractivity contribution in [1.82, 2.24) is 19.9 Å². The van der Waals surface area contributed by atoms with E-state index < -0.39 is 0 Å². The third-order valence-electron chi connectivity index (χ3n) is 4.17. The number of aryl methyl sites for hydroxylation is 1. The maximum absolute atomic E-state index is 13.2. The zero-order chi connectivity index (χ0) is 18.7. The number of benzene rings is 1. The second-order valence-electron chi connectivity index (χ2n) is 5.82. The van der Waals surface area contributed by atoms with Gasteiger partial charge in [0.2, 0.25) is 0 Å². The van der Waals surface area contributed by atoms with Gasteiger partial charge >= 0.3 is 0 Å². The molecule has 2 aromatic heterocycles. The Balaban J connectivity index is 1.89. The summed E-state index contributed by atoms with van der Waals surface area (Å²) in [6.07, 6.45) is 3.30. The quantitative estimate of drug-likeness (QED) is 0.673. The van der Waals surface area contributed by atoms with Crippen LogP contribution in [-0.2, 0) is 0 Å². The molecule has 1 aromatic carbocycles. The Hall–Kier alpha value is -2.67. The van der Waals surface area contributed by atoms with Crippen molar-refractivity contribution in [2.24, 2.45) is 0 Å². The first-order chi connectivity index (χ1) is 12.5. The molecule has 3 aromatic rings. The van der Waals surface area contributed by atoms with Crippen molar-refractivity contribution in [2.75, 3.05) is 6.54 Å². The van der Waals surface area contributed by atoms with Crippen LogP contribution in [0.2, 0.25) is 0 Å². The van der Waals surface area contributed by atoms with E-state index in [9.17, 15) is 9.18 Å². The van der Waals surface area contributed by atoms with Crippen molar-refractivity contribution in [1.29, 1.82) is 0 Å². The minimum absolute atomic E-state index is 0.0958. The van der Waals surface area contributed by atoms with Crippen LogP contribution in [0.1, 0.15) is 40.8 Å². The number of carbonyl (C=O) groups excluding carboxylic acids is 1. The minimum atomic E-state index is -0.291. The molecule has 1 amide bonds. The first kappa shape index (κ1) is 18.1. The fourth-order valence-electron chi connectivity index (χ4n) is 2.75. The first-order valence-electron chi connectivity index (χ1n) is 8.32. The standard InChI is InChI=1S/C19H19FN4OS/c1-4-24(13(3)14-6-8-15(20)9-7-14)19(25)16-12(2)23-18(26-16)17-21-10-5-11-22-17/h5-11,13H,4H2,1-3H3/t13-/m0/s1. The Kier molecular flexibility index (Phi) is 5.37. The monoisotopic (exact) mass is 370 g/mol. The second kappa shape index (κ2) is 7.70. The third kappa shape index (κ3) is 3.62. The molecule has 26 heavy (non-hydrogen) atoms. The van der Waals surface area contributed by atoms with Crippen LogP contribution in [0.25, 0.3) is 10.8 Å². The van der Waals surface area contributed by atoms with Crippen molar-refractivity contribution in [3.05, 3.63) is 64.7 Å². The van der Waals surface area contributed by atoms with E-state index in [1.807, 2.05) is 20.8 Å². The summed E-state index contributed by atoms with van der Waals surface area (Å²) in [6.45, 7) is 6.21. The highest BCUT2D eigenvalue weighted by molar-refractivity contribution is 7.17. The van der Waals surface area contributed by atoms with Crippen molar-refractivity contribution in [3.63, 3.8) is 0 Å². The molecule has 2 heterocycles. The molecule has 0 radical (unpaired) electrons. The van der Waals surface area contributed by atoms with E-state index >= 15 is 0 Å². The number of nitrogens with zero attached hydrogens (tertiary/aromatic N) is 4. The molecule has 0 saturated carbocycles. The number of thiazole rings is 1. The van der Waals surface area contributed by atoms with Gasteiger partial charge in [0.25, 0.3) is 5.91 Å². The molecule has 0 unspecified atom stereocenters. The topological polar surface area (TPSA) is 59.0 Å². The Morgan fingerprint density at radius 1 is 1.23 bits per heavy atom. The van der Waals surface area contributed by atoms with Gasteiger partial charge < -0.3 is 4.90 Å². The van der Waals surface area contributed by atoms with Crippen LogP contribution < -0.4 is 0 Å². The molecule has 0 fully saturated rings. The summed E-state index contributed by atoms with van der Waals surface area (Å²) in [6, 6.07) is 7.79. The molecule has 0 aliphatic rings. The van der Waals surface area contributed by atoms with Crippen molar-refractivity contribution in [2.45, 2.75) is 26.8 Å². The Labute approximate surface area is 155 Å². The maximum atomic E-state index is 13.2. The number of rotatable bonds is 5. The maximum Gasteiger partial charge on any atom is 0.266 e. The number of amides is 1. The van der Waals surface area contributed by atoms with E-state index in [0.717, 1.165) is 5.56 Å². The predicted molar refractivity (Wildman–Crippen MR) is 99.4 cm³/mol. The van der Waals surface area contributed by atoms with Crippen LogP contribution in [0.5, 0.6) is 0 Å². The molecule has 3 rings (SSSR count). The van der Waals surface area contributed by atoms with Crippen LogP contribution >= 0.6 is 11.3 Å². The molecular formula is C19H19FN4OS. The van der Waals surface area contributed by atoms with Crippen LogP contribution in [0.3, 0.4) is 0 Å². The molecular weight excluding hydrogens is 351 g/mol. The highest BCUT2D eigenvalue weighted by atomic mass is 32.1. The summed E-state index contributed by atoms with van der Waals surface area (Å²) in [5.74, 6) is 0.122. The zero-order valence-corrected chi connectivity index (χ0v) is 15.6. The number of carbonyl (C=O) groups is 1. The molecule has 0 N–H and O–H groups in total. The molecule has 7 heteroatoms. The lowest BCUT2D eigenvalue weighted by Gasteiger charge is -2.28. The number of hydrogen-bond donors (Lipinski definition) is 0. The highest BCUT2D eigenvalue weighted by Gasteiger charge is 2.26. The van der Waals surface area contributed by atoms with Crippen LogP contribution in [0.4, 0.5) is 4.39 Å². The number of hydrogen-bond acceptors (Lipinski definition) is 5. The molecule has 0 spiro atoms. The summed E-state index contributed by atoms with van der Waals surface area (Å²) in [7, 11) is 0. The van der Waals surface area contributed by atoms with Crippen molar-refractivity contribution < 1.29 is 9.18 Å². The van der Waals surface area contributed by atoms with Gasteiger partial charge in [-0.25, -0.2) is 19.3 Å². The van der Waals surface area contributed by atoms with E-state index in [1.165, 1.54) is 23.5 Å². The van der Waals surface area contributed by atoms with Gasteiger partial charge in [-0.05, 0) is 44.5 Å². The average Bonchev–Trinajstić information content (AvgIpc) is 3.05. The number of halogens is 1. The third-order valence-corrected chi connectivity index (χ3v) is 5.31. The van der Waals surface area contributed by atoms with Gasteiger partial charge in [0.1, 0.15) is 10.7 Å². The van der Waals surface area contributed by atoms with Gasteiger partial charge in [-0.3, -0.25) is 4.79 Å². The smallest absolute Gasteiger partial charge is 0.266 e. The van der Waals surface area contributed by atoms with E-state index in [1.54, 1.807) is 35.5 Å². The summed E-state index contributed by atoms with van der Waals surface area (Å²) < 4.78 is 13.2. The molecule has 0 saturated heterocycles. The highest BCUT2D eigenvalue weighted by Crippen LogP contribution is 2.29. The SMILES string of the molecule is CCN(C(=O)c1sc(-c2ncccn2)nc1C)[C@@H](C)c1ccc(F)cc1. The van der Waals surface area contributed by atoms with Gasteiger partial charge in [-0.15, -0.1) is 11.3 Å². The van der Waals surface area contributed by atoms with Gasteiger partial charge in [0.05, 0.1) is 11.7 Å². The molecule has 0 bridgehead atoms. The average molecular weight is 370 g/mol. The van der Waals surface area contributed by atoms with E-state index in [2.05, 4.69) is 15.0 Å². The Morgan fingerprint density at radius 3 is 2.50 bits per heavy atom. The molecule has 134 valence electrons. The van der Waals surface area contributed by atoms with E-state index in [4.69, 9.17) is 0 Å². The van der Waals surface area contributed by atoms with Gasteiger partial charge in [0, 0.05) is 18.9 Å². The van der Waals surface area contributed by atoms with Crippen LogP contribution in [0, 0.1) is 12.7 Å². The summed E-state index contributed by atoms with van der Waals surface area (Å²) >= 11 is 1.29. The first-order valence-corrected chi connectivity index (χ1v) is 9.14. The lowest BCUT2D eigenvalue weighted by Crippen LogP contribution is -2.33. The Bertz CT molecular complexity index is 896. The van der Waals surface area contributed by atoms with Gasteiger partial charge in [0.15, 0.2) is 10.8 Å². The molecule has 1 atom stereocenters. The fourth-order valence-corrected chi connectivity index (χ4v) is 3.72. The fraction of sp³-hybridized carbons (Fsp3) is 0.263. The summed E-state index contributed by atoms with van der Waals surface area (Å²) in [5.41, 5.74) is 1.54.